The molecule has 0 saturated carbocycles. The van der Waals surface area contributed by atoms with Crippen LogP contribution in [0.1, 0.15) is 56.7 Å². The van der Waals surface area contributed by atoms with Crippen LogP contribution < -0.4 is 0 Å². The van der Waals surface area contributed by atoms with Crippen LogP contribution in [0.3, 0.4) is 0 Å². The minimum absolute atomic E-state index is 0.214. The van der Waals surface area contributed by atoms with Gasteiger partial charge in [0.05, 0.1) is 5.69 Å². The zero-order chi connectivity index (χ0) is 18.2. The number of H-pyrrole nitrogens is 1. The van der Waals surface area contributed by atoms with E-state index in [1.807, 2.05) is 51.7 Å². The summed E-state index contributed by atoms with van der Waals surface area (Å²) in [5, 5.41) is 7.27. The van der Waals surface area contributed by atoms with Crippen molar-refractivity contribution in [2.45, 2.75) is 53.4 Å². The normalized spacial score (nSPS) is 18.4. The number of amides is 1. The van der Waals surface area contributed by atoms with E-state index in [0.29, 0.717) is 0 Å². The lowest BCUT2D eigenvalue weighted by atomic mass is 9.89. The molecule has 0 aliphatic carbocycles. The molecule has 1 saturated heterocycles. The molecule has 134 valence electrons. The number of nitrogens with zero attached hydrogens (tertiary/aromatic N) is 4. The van der Waals surface area contributed by atoms with Gasteiger partial charge in [0, 0.05) is 35.8 Å². The molecule has 3 rings (SSSR count). The number of aromatic amines is 1. The molecule has 0 bridgehead atoms. The summed E-state index contributed by atoms with van der Waals surface area (Å²) < 4.78 is 0. The molecule has 25 heavy (non-hydrogen) atoms. The van der Waals surface area contributed by atoms with E-state index >= 15 is 0 Å². The molecule has 6 heteroatoms. The van der Waals surface area contributed by atoms with Crippen LogP contribution in [0, 0.1) is 19.3 Å². The largest absolute Gasteiger partial charge is 0.342 e. The Labute approximate surface area is 149 Å². The van der Waals surface area contributed by atoms with Gasteiger partial charge < -0.3 is 4.90 Å². The van der Waals surface area contributed by atoms with Crippen molar-refractivity contribution in [3.63, 3.8) is 0 Å². The van der Waals surface area contributed by atoms with Gasteiger partial charge in [-0.15, -0.1) is 0 Å². The lowest BCUT2D eigenvalue weighted by molar-refractivity contribution is -0.140. The predicted molar refractivity (Wildman–Crippen MR) is 97.1 cm³/mol. The number of rotatable bonds is 2. The van der Waals surface area contributed by atoms with E-state index in [-0.39, 0.29) is 17.2 Å². The molecule has 0 aromatic carbocycles. The SMILES string of the molecule is Cc1nc(-c2cc(C)[nH]n2)cc(C2CCCN(C(=O)C(C)(C)C)C2)n1. The van der Waals surface area contributed by atoms with Crippen molar-refractivity contribution in [3.8, 4) is 11.4 Å². The average molecular weight is 341 g/mol. The van der Waals surface area contributed by atoms with Crippen molar-refractivity contribution in [2.75, 3.05) is 13.1 Å². The lowest BCUT2D eigenvalue weighted by Crippen LogP contribution is -2.44. The summed E-state index contributed by atoms with van der Waals surface area (Å²) in [6.45, 7) is 11.4. The van der Waals surface area contributed by atoms with E-state index in [1.165, 1.54) is 0 Å². The number of aryl methyl sites for hydroxylation is 2. The average Bonchev–Trinajstić information content (AvgIpc) is 2.99. The summed E-state index contributed by atoms with van der Waals surface area (Å²) in [6, 6.07) is 4.01. The Kier molecular flexibility index (Phi) is 4.62. The molecule has 0 spiro atoms. The topological polar surface area (TPSA) is 74.8 Å². The Morgan fingerprint density at radius 2 is 1.96 bits per heavy atom. The van der Waals surface area contributed by atoms with Crippen molar-refractivity contribution < 1.29 is 4.79 Å². The second kappa shape index (κ2) is 6.58. The fraction of sp³-hybridized carbons (Fsp3) is 0.579. The van der Waals surface area contributed by atoms with Gasteiger partial charge in [0.1, 0.15) is 11.5 Å². The maximum Gasteiger partial charge on any atom is 0.227 e. The second-order valence-corrected chi connectivity index (χ2v) is 8.00. The molecule has 1 fully saturated rings. The van der Waals surface area contributed by atoms with Gasteiger partial charge in [0.15, 0.2) is 0 Å². The van der Waals surface area contributed by atoms with Crippen LogP contribution in [0.5, 0.6) is 0 Å². The molecular formula is C19H27N5O. The van der Waals surface area contributed by atoms with Crippen LogP contribution in [0.2, 0.25) is 0 Å². The summed E-state index contributed by atoms with van der Waals surface area (Å²) in [4.78, 5) is 23.8. The fourth-order valence-electron chi connectivity index (χ4n) is 3.36. The van der Waals surface area contributed by atoms with Crippen molar-refractivity contribution in [2.24, 2.45) is 5.41 Å². The van der Waals surface area contributed by atoms with Crippen LogP contribution in [-0.2, 0) is 4.79 Å². The second-order valence-electron chi connectivity index (χ2n) is 8.00. The van der Waals surface area contributed by atoms with Gasteiger partial charge in [-0.2, -0.15) is 5.10 Å². The zero-order valence-electron chi connectivity index (χ0n) is 15.8. The van der Waals surface area contributed by atoms with E-state index in [4.69, 9.17) is 0 Å². The minimum Gasteiger partial charge on any atom is -0.342 e. The zero-order valence-corrected chi connectivity index (χ0v) is 15.8. The third-order valence-corrected chi connectivity index (χ3v) is 4.59. The number of hydrogen-bond donors (Lipinski definition) is 1. The molecule has 1 amide bonds. The third-order valence-electron chi connectivity index (χ3n) is 4.59. The van der Waals surface area contributed by atoms with Crippen LogP contribution in [0.25, 0.3) is 11.4 Å². The smallest absolute Gasteiger partial charge is 0.227 e. The Morgan fingerprint density at radius 3 is 2.60 bits per heavy atom. The first kappa shape index (κ1) is 17.6. The standard InChI is InChI=1S/C19H27N5O/c1-12-9-17(23-22-12)16-10-15(20-13(2)21-16)14-7-6-8-24(11-14)18(25)19(3,4)5/h9-10,14H,6-8,11H2,1-5H3,(H,22,23). The molecule has 1 atom stereocenters. The van der Waals surface area contributed by atoms with Crippen LogP contribution in [-0.4, -0.2) is 44.1 Å². The molecule has 6 nitrogen and oxygen atoms in total. The number of piperidine rings is 1. The van der Waals surface area contributed by atoms with Crippen molar-refractivity contribution >= 4 is 5.91 Å². The first-order chi connectivity index (χ1) is 11.7. The van der Waals surface area contributed by atoms with Gasteiger partial charge >= 0.3 is 0 Å². The Balaban J connectivity index is 1.86. The molecular weight excluding hydrogens is 314 g/mol. The Morgan fingerprint density at radius 1 is 1.20 bits per heavy atom. The molecule has 1 aliphatic heterocycles. The molecule has 3 heterocycles. The molecule has 1 unspecified atom stereocenters. The van der Waals surface area contributed by atoms with Gasteiger partial charge in [0.2, 0.25) is 5.91 Å². The first-order valence-corrected chi connectivity index (χ1v) is 8.91. The predicted octanol–water partition coefficient (Wildman–Crippen LogP) is 3.24. The van der Waals surface area contributed by atoms with E-state index in [0.717, 1.165) is 54.5 Å². The number of likely N-dealkylation sites (tertiary alicyclic amines) is 1. The molecule has 0 radical (unpaired) electrons. The van der Waals surface area contributed by atoms with E-state index < -0.39 is 0 Å². The van der Waals surface area contributed by atoms with Gasteiger partial charge in [-0.25, -0.2) is 9.97 Å². The highest BCUT2D eigenvalue weighted by Gasteiger charge is 2.32. The van der Waals surface area contributed by atoms with Crippen LogP contribution in [0.15, 0.2) is 12.1 Å². The van der Waals surface area contributed by atoms with Crippen molar-refractivity contribution in [3.05, 3.63) is 29.3 Å². The van der Waals surface area contributed by atoms with Crippen LogP contribution in [0.4, 0.5) is 0 Å². The monoisotopic (exact) mass is 341 g/mol. The third kappa shape index (κ3) is 3.89. The summed E-state index contributed by atoms with van der Waals surface area (Å²) in [6.07, 6.45) is 2.05. The number of aromatic nitrogens is 4. The van der Waals surface area contributed by atoms with Crippen molar-refractivity contribution in [1.82, 2.24) is 25.1 Å². The summed E-state index contributed by atoms with van der Waals surface area (Å²) in [5.41, 5.74) is 3.34. The number of hydrogen-bond acceptors (Lipinski definition) is 4. The quantitative estimate of drug-likeness (QED) is 0.910. The summed E-state index contributed by atoms with van der Waals surface area (Å²) >= 11 is 0. The highest BCUT2D eigenvalue weighted by molar-refractivity contribution is 5.81. The Bertz CT molecular complexity index is 774. The van der Waals surface area contributed by atoms with E-state index in [9.17, 15) is 4.79 Å². The van der Waals surface area contributed by atoms with Gasteiger partial charge in [0.25, 0.3) is 0 Å². The summed E-state index contributed by atoms with van der Waals surface area (Å²) in [7, 11) is 0. The fourth-order valence-corrected chi connectivity index (χ4v) is 3.36. The highest BCUT2D eigenvalue weighted by atomic mass is 16.2. The maximum absolute atomic E-state index is 12.6. The van der Waals surface area contributed by atoms with Gasteiger partial charge in [-0.1, -0.05) is 20.8 Å². The number of nitrogens with one attached hydrogen (secondary N) is 1. The van der Waals surface area contributed by atoms with Gasteiger partial charge in [-0.05, 0) is 38.8 Å². The summed E-state index contributed by atoms with van der Waals surface area (Å²) in [5.74, 6) is 1.21. The van der Waals surface area contributed by atoms with Gasteiger partial charge in [-0.3, -0.25) is 9.89 Å². The molecule has 1 N–H and O–H groups in total. The van der Waals surface area contributed by atoms with E-state index in [2.05, 4.69) is 20.2 Å². The lowest BCUT2D eigenvalue weighted by Gasteiger charge is -2.36. The molecule has 2 aromatic rings. The molecule has 1 aliphatic rings. The number of carbonyl (C=O) groups is 1. The minimum atomic E-state index is -0.346. The molecule has 2 aromatic heterocycles. The number of carbonyl (C=O) groups excluding carboxylic acids is 1. The van der Waals surface area contributed by atoms with Crippen LogP contribution >= 0.6 is 0 Å². The van der Waals surface area contributed by atoms with Crippen molar-refractivity contribution in [1.29, 1.82) is 0 Å². The van der Waals surface area contributed by atoms with E-state index in [1.54, 1.807) is 0 Å². The highest BCUT2D eigenvalue weighted by Crippen LogP contribution is 2.30. The Hall–Kier alpha value is -2.24. The first-order valence-electron chi connectivity index (χ1n) is 8.91. The maximum atomic E-state index is 12.6.